The molecule has 0 aliphatic rings. The third kappa shape index (κ3) is 3.19. The van der Waals surface area contributed by atoms with Crippen molar-refractivity contribution in [2.24, 2.45) is 5.73 Å². The van der Waals surface area contributed by atoms with E-state index in [1.165, 1.54) is 7.11 Å². The van der Waals surface area contributed by atoms with E-state index in [9.17, 15) is 4.39 Å². The van der Waals surface area contributed by atoms with Crippen molar-refractivity contribution in [3.05, 3.63) is 63.9 Å². The minimum absolute atomic E-state index is 0.245. The van der Waals surface area contributed by atoms with Gasteiger partial charge in [0.1, 0.15) is 0 Å². The molecule has 1 unspecified atom stereocenters. The summed E-state index contributed by atoms with van der Waals surface area (Å²) in [5, 5.41) is 0. The predicted octanol–water partition coefficient (Wildman–Crippen LogP) is 4.01. The molecule has 2 aromatic rings. The van der Waals surface area contributed by atoms with Gasteiger partial charge in [0.15, 0.2) is 11.6 Å². The minimum Gasteiger partial charge on any atom is -0.494 e. The lowest BCUT2D eigenvalue weighted by molar-refractivity contribution is 0.380. The zero-order valence-corrected chi connectivity index (χ0v) is 13.1. The first-order valence-corrected chi connectivity index (χ1v) is 7.09. The van der Waals surface area contributed by atoms with Crippen molar-refractivity contribution < 1.29 is 9.13 Å². The second-order valence-corrected chi connectivity index (χ2v) is 5.95. The number of hydrogen-bond acceptors (Lipinski definition) is 2. The Hall–Kier alpha value is -1.39. The van der Waals surface area contributed by atoms with Crippen molar-refractivity contribution in [2.75, 3.05) is 7.11 Å². The molecule has 0 bridgehead atoms. The molecule has 20 heavy (non-hydrogen) atoms. The SMILES string of the molecule is COc1cccc(CC(C)(N)c2ccc(Br)cc2)c1F. The molecule has 2 nitrogen and oxygen atoms in total. The highest BCUT2D eigenvalue weighted by atomic mass is 79.9. The molecule has 0 heterocycles. The first-order chi connectivity index (χ1) is 9.44. The van der Waals surface area contributed by atoms with E-state index < -0.39 is 5.54 Å². The highest BCUT2D eigenvalue weighted by molar-refractivity contribution is 9.10. The Balaban J connectivity index is 2.30. The number of ether oxygens (including phenoxy) is 1. The van der Waals surface area contributed by atoms with Crippen LogP contribution < -0.4 is 10.5 Å². The lowest BCUT2D eigenvalue weighted by Gasteiger charge is -2.26. The molecule has 0 radical (unpaired) electrons. The van der Waals surface area contributed by atoms with Gasteiger partial charge in [-0.25, -0.2) is 4.39 Å². The first kappa shape index (κ1) is 15.0. The molecule has 2 aromatic carbocycles. The Kier molecular flexibility index (Phi) is 4.45. The van der Waals surface area contributed by atoms with E-state index in [2.05, 4.69) is 15.9 Å². The zero-order chi connectivity index (χ0) is 14.8. The Labute approximate surface area is 126 Å². The van der Waals surface area contributed by atoms with Gasteiger partial charge >= 0.3 is 0 Å². The summed E-state index contributed by atoms with van der Waals surface area (Å²) in [6.07, 6.45) is 0.400. The summed E-state index contributed by atoms with van der Waals surface area (Å²) >= 11 is 3.39. The molecular formula is C16H17BrFNO. The molecule has 4 heteroatoms. The lowest BCUT2D eigenvalue weighted by Crippen LogP contribution is -2.35. The summed E-state index contributed by atoms with van der Waals surface area (Å²) in [5.41, 5.74) is 7.23. The van der Waals surface area contributed by atoms with E-state index in [-0.39, 0.29) is 11.6 Å². The topological polar surface area (TPSA) is 35.2 Å². The van der Waals surface area contributed by atoms with Crippen molar-refractivity contribution in [3.8, 4) is 5.75 Å². The quantitative estimate of drug-likeness (QED) is 0.914. The monoisotopic (exact) mass is 337 g/mol. The predicted molar refractivity (Wildman–Crippen MR) is 82.3 cm³/mol. The molecule has 0 aromatic heterocycles. The molecule has 0 aliphatic carbocycles. The number of methoxy groups -OCH3 is 1. The van der Waals surface area contributed by atoms with Gasteiger partial charge in [0.2, 0.25) is 0 Å². The fourth-order valence-electron chi connectivity index (χ4n) is 2.18. The first-order valence-electron chi connectivity index (χ1n) is 6.30. The maximum Gasteiger partial charge on any atom is 0.168 e. The van der Waals surface area contributed by atoms with Crippen LogP contribution in [0.3, 0.4) is 0 Å². The maximum absolute atomic E-state index is 14.2. The molecular weight excluding hydrogens is 321 g/mol. The highest BCUT2D eigenvalue weighted by Crippen LogP contribution is 2.28. The van der Waals surface area contributed by atoms with Crippen LogP contribution in [-0.2, 0) is 12.0 Å². The molecule has 0 amide bonds. The van der Waals surface area contributed by atoms with Crippen LogP contribution >= 0.6 is 15.9 Å². The average molecular weight is 338 g/mol. The van der Waals surface area contributed by atoms with Crippen LogP contribution in [0.1, 0.15) is 18.1 Å². The fourth-order valence-corrected chi connectivity index (χ4v) is 2.44. The summed E-state index contributed by atoms with van der Waals surface area (Å²) in [4.78, 5) is 0. The molecule has 0 saturated heterocycles. The summed E-state index contributed by atoms with van der Waals surface area (Å²) in [5.74, 6) is -0.0992. The van der Waals surface area contributed by atoms with Crippen molar-refractivity contribution in [2.45, 2.75) is 18.9 Å². The Bertz CT molecular complexity index is 596. The Morgan fingerprint density at radius 3 is 2.45 bits per heavy atom. The van der Waals surface area contributed by atoms with Gasteiger partial charge in [-0.15, -0.1) is 0 Å². The van der Waals surface area contributed by atoms with Crippen LogP contribution in [-0.4, -0.2) is 7.11 Å². The van der Waals surface area contributed by atoms with Crippen LogP contribution in [0.15, 0.2) is 46.9 Å². The molecule has 1 atom stereocenters. The van der Waals surface area contributed by atoms with Gasteiger partial charge in [-0.05, 0) is 42.7 Å². The molecule has 0 fully saturated rings. The van der Waals surface area contributed by atoms with Crippen molar-refractivity contribution >= 4 is 15.9 Å². The van der Waals surface area contributed by atoms with Crippen LogP contribution in [0, 0.1) is 5.82 Å². The van der Waals surface area contributed by atoms with E-state index in [1.807, 2.05) is 31.2 Å². The van der Waals surface area contributed by atoms with Crippen molar-refractivity contribution in [1.29, 1.82) is 0 Å². The third-order valence-electron chi connectivity index (χ3n) is 3.32. The average Bonchev–Trinajstić information content (AvgIpc) is 2.41. The number of benzene rings is 2. The third-order valence-corrected chi connectivity index (χ3v) is 3.85. The molecule has 106 valence electrons. The largest absolute Gasteiger partial charge is 0.494 e. The van der Waals surface area contributed by atoms with E-state index in [4.69, 9.17) is 10.5 Å². The van der Waals surface area contributed by atoms with Gasteiger partial charge in [-0.2, -0.15) is 0 Å². The van der Waals surface area contributed by atoms with Crippen molar-refractivity contribution in [3.63, 3.8) is 0 Å². The molecule has 0 aliphatic heterocycles. The van der Waals surface area contributed by atoms with E-state index in [0.717, 1.165) is 10.0 Å². The van der Waals surface area contributed by atoms with Crippen LogP contribution in [0.4, 0.5) is 4.39 Å². The fraction of sp³-hybridized carbons (Fsp3) is 0.250. The lowest BCUT2D eigenvalue weighted by atomic mass is 9.86. The molecule has 2 N–H and O–H groups in total. The standard InChI is InChI=1S/C16H17BrFNO/c1-16(19,12-6-8-13(17)9-7-12)10-11-4-3-5-14(20-2)15(11)18/h3-9H,10,19H2,1-2H3. The molecule has 0 spiro atoms. The van der Waals surface area contributed by atoms with E-state index in [1.54, 1.807) is 18.2 Å². The van der Waals surface area contributed by atoms with E-state index in [0.29, 0.717) is 12.0 Å². The van der Waals surface area contributed by atoms with Gasteiger partial charge in [0, 0.05) is 10.0 Å². The van der Waals surface area contributed by atoms with Crippen molar-refractivity contribution in [1.82, 2.24) is 0 Å². The second-order valence-electron chi connectivity index (χ2n) is 5.03. The van der Waals surface area contributed by atoms with Gasteiger partial charge in [-0.1, -0.05) is 40.2 Å². The number of nitrogens with two attached hydrogens (primary N) is 1. The zero-order valence-electron chi connectivity index (χ0n) is 11.5. The molecule has 0 saturated carbocycles. The second kappa shape index (κ2) is 5.94. The van der Waals surface area contributed by atoms with Crippen LogP contribution in [0.2, 0.25) is 0 Å². The summed E-state index contributed by atoms with van der Waals surface area (Å²) in [6.45, 7) is 1.90. The number of hydrogen-bond donors (Lipinski definition) is 1. The van der Waals surface area contributed by atoms with E-state index >= 15 is 0 Å². The van der Waals surface area contributed by atoms with Gasteiger partial charge in [0.25, 0.3) is 0 Å². The van der Waals surface area contributed by atoms with Crippen LogP contribution in [0.5, 0.6) is 5.75 Å². The number of halogens is 2. The maximum atomic E-state index is 14.2. The Morgan fingerprint density at radius 1 is 1.20 bits per heavy atom. The van der Waals surface area contributed by atoms with Gasteiger partial charge in [0.05, 0.1) is 7.11 Å². The minimum atomic E-state index is -0.645. The smallest absolute Gasteiger partial charge is 0.168 e. The summed E-state index contributed by atoms with van der Waals surface area (Å²) in [7, 11) is 1.46. The summed E-state index contributed by atoms with van der Waals surface area (Å²) < 4.78 is 20.2. The highest BCUT2D eigenvalue weighted by Gasteiger charge is 2.24. The number of rotatable bonds is 4. The van der Waals surface area contributed by atoms with Crippen LogP contribution in [0.25, 0.3) is 0 Å². The molecule has 2 rings (SSSR count). The Morgan fingerprint density at radius 2 is 1.85 bits per heavy atom. The summed E-state index contributed by atoms with van der Waals surface area (Å²) in [6, 6.07) is 12.9. The van der Waals surface area contributed by atoms with Gasteiger partial charge in [-0.3, -0.25) is 0 Å². The van der Waals surface area contributed by atoms with Gasteiger partial charge < -0.3 is 10.5 Å². The normalized spacial score (nSPS) is 13.8.